The number of rotatable bonds is 4. The van der Waals surface area contributed by atoms with Crippen LogP contribution in [0.25, 0.3) is 0 Å². The molecule has 1 heterocycles. The maximum Gasteiger partial charge on any atom is 0.221 e. The average Bonchev–Trinajstić information content (AvgIpc) is 2.38. The first kappa shape index (κ1) is 14.0. The van der Waals surface area contributed by atoms with E-state index in [4.69, 9.17) is 0 Å². The van der Waals surface area contributed by atoms with Gasteiger partial charge in [-0.25, -0.2) is 0 Å². The number of aliphatic hydroxyl groups excluding tert-OH is 1. The van der Waals surface area contributed by atoms with Crippen LogP contribution in [0.3, 0.4) is 0 Å². The third-order valence-corrected chi connectivity index (χ3v) is 3.51. The second-order valence-corrected chi connectivity index (χ2v) is 5.31. The van der Waals surface area contributed by atoms with Crippen molar-refractivity contribution in [1.82, 2.24) is 4.90 Å². The van der Waals surface area contributed by atoms with E-state index >= 15 is 0 Å². The summed E-state index contributed by atoms with van der Waals surface area (Å²) in [6, 6.07) is 7.96. The quantitative estimate of drug-likeness (QED) is 0.870. The molecule has 4 nitrogen and oxygen atoms in total. The van der Waals surface area contributed by atoms with Gasteiger partial charge in [-0.2, -0.15) is 0 Å². The first-order valence-corrected chi connectivity index (χ1v) is 6.87. The second-order valence-electron chi connectivity index (χ2n) is 5.31. The third kappa shape index (κ3) is 4.33. The van der Waals surface area contributed by atoms with E-state index in [0.29, 0.717) is 5.92 Å². The molecular weight excluding hydrogens is 240 g/mol. The maximum absolute atomic E-state index is 11.0. The van der Waals surface area contributed by atoms with Gasteiger partial charge in [0.1, 0.15) is 0 Å². The molecule has 1 atom stereocenters. The molecule has 1 fully saturated rings. The number of benzene rings is 1. The fraction of sp³-hybridized carbons (Fsp3) is 0.533. The van der Waals surface area contributed by atoms with E-state index in [1.54, 1.807) is 0 Å². The van der Waals surface area contributed by atoms with Crippen molar-refractivity contribution < 1.29 is 9.90 Å². The molecule has 2 rings (SSSR count). The van der Waals surface area contributed by atoms with Crippen LogP contribution in [0.1, 0.15) is 25.3 Å². The highest BCUT2D eigenvalue weighted by molar-refractivity contribution is 5.88. The zero-order valence-corrected chi connectivity index (χ0v) is 11.4. The number of hydrogen-bond acceptors (Lipinski definition) is 3. The van der Waals surface area contributed by atoms with Crippen LogP contribution in [0, 0.1) is 5.92 Å². The molecule has 4 heteroatoms. The summed E-state index contributed by atoms with van der Waals surface area (Å²) >= 11 is 0. The second kappa shape index (κ2) is 6.68. The number of carbonyl (C=O) groups excluding carboxylic acids is 1. The van der Waals surface area contributed by atoms with Crippen molar-refractivity contribution in [3.05, 3.63) is 29.8 Å². The summed E-state index contributed by atoms with van der Waals surface area (Å²) in [7, 11) is 0. The highest BCUT2D eigenvalue weighted by Gasteiger charge is 2.19. The van der Waals surface area contributed by atoms with Gasteiger partial charge in [0.05, 0.1) is 0 Å². The molecule has 19 heavy (non-hydrogen) atoms. The summed E-state index contributed by atoms with van der Waals surface area (Å²) in [5.74, 6) is 0.364. The number of anilines is 1. The normalized spacial score (nSPS) is 20.2. The van der Waals surface area contributed by atoms with E-state index in [-0.39, 0.29) is 12.5 Å². The molecule has 1 unspecified atom stereocenters. The van der Waals surface area contributed by atoms with E-state index in [9.17, 15) is 9.90 Å². The molecule has 0 aromatic heterocycles. The van der Waals surface area contributed by atoms with E-state index in [1.165, 1.54) is 12.5 Å². The highest BCUT2D eigenvalue weighted by atomic mass is 16.3. The lowest BCUT2D eigenvalue weighted by atomic mass is 9.98. The summed E-state index contributed by atoms with van der Waals surface area (Å²) in [5, 5.41) is 12.0. The number of likely N-dealkylation sites (tertiary alicyclic amines) is 1. The summed E-state index contributed by atoms with van der Waals surface area (Å²) in [6.07, 6.45) is 2.27. The van der Waals surface area contributed by atoms with Crippen molar-refractivity contribution >= 4 is 11.6 Å². The largest absolute Gasteiger partial charge is 0.396 e. The Morgan fingerprint density at radius 2 is 2.37 bits per heavy atom. The lowest BCUT2D eigenvalue weighted by molar-refractivity contribution is -0.114. The molecule has 0 bridgehead atoms. The molecule has 1 aromatic rings. The predicted molar refractivity (Wildman–Crippen MR) is 75.8 cm³/mol. The Kier molecular flexibility index (Phi) is 4.93. The van der Waals surface area contributed by atoms with Crippen molar-refractivity contribution in [2.75, 3.05) is 25.0 Å². The number of carbonyl (C=O) groups is 1. The standard InChI is InChI=1S/C15H22N2O2/c1-12(19)16-15-6-2-4-13(8-15)9-17-7-3-5-14(10-17)11-18/h2,4,6,8,14,18H,3,5,7,9-11H2,1H3,(H,16,19). The fourth-order valence-electron chi connectivity index (χ4n) is 2.65. The molecule has 104 valence electrons. The molecular formula is C15H22N2O2. The highest BCUT2D eigenvalue weighted by Crippen LogP contribution is 2.19. The molecule has 2 N–H and O–H groups in total. The van der Waals surface area contributed by atoms with Gasteiger partial charge in [-0.05, 0) is 43.0 Å². The number of nitrogens with zero attached hydrogens (tertiary/aromatic N) is 1. The SMILES string of the molecule is CC(=O)Nc1cccc(CN2CCCC(CO)C2)c1. The van der Waals surface area contributed by atoms with Crippen molar-refractivity contribution in [1.29, 1.82) is 0 Å². The van der Waals surface area contributed by atoms with Gasteiger partial charge >= 0.3 is 0 Å². The fourth-order valence-corrected chi connectivity index (χ4v) is 2.65. The Hall–Kier alpha value is -1.39. The van der Waals surface area contributed by atoms with Gasteiger partial charge in [0.2, 0.25) is 5.91 Å². The van der Waals surface area contributed by atoms with Crippen LogP contribution in [0.4, 0.5) is 5.69 Å². The topological polar surface area (TPSA) is 52.6 Å². The van der Waals surface area contributed by atoms with Crippen LogP contribution in [-0.4, -0.2) is 35.6 Å². The Morgan fingerprint density at radius 3 is 3.11 bits per heavy atom. The molecule has 0 saturated carbocycles. The summed E-state index contributed by atoms with van der Waals surface area (Å²) < 4.78 is 0. The predicted octanol–water partition coefficient (Wildman–Crippen LogP) is 1.85. The average molecular weight is 262 g/mol. The molecule has 1 aromatic carbocycles. The smallest absolute Gasteiger partial charge is 0.221 e. The van der Waals surface area contributed by atoms with Crippen LogP contribution in [0.2, 0.25) is 0 Å². The molecule has 1 saturated heterocycles. The van der Waals surface area contributed by atoms with Crippen molar-refractivity contribution in [3.63, 3.8) is 0 Å². The minimum absolute atomic E-state index is 0.0459. The zero-order valence-electron chi connectivity index (χ0n) is 11.4. The molecule has 1 aliphatic rings. The van der Waals surface area contributed by atoms with Gasteiger partial charge in [-0.1, -0.05) is 12.1 Å². The van der Waals surface area contributed by atoms with Crippen LogP contribution in [0.15, 0.2) is 24.3 Å². The summed E-state index contributed by atoms with van der Waals surface area (Å²) in [4.78, 5) is 13.4. The monoisotopic (exact) mass is 262 g/mol. The Labute approximate surface area is 114 Å². The minimum Gasteiger partial charge on any atom is -0.396 e. The van der Waals surface area contributed by atoms with Gasteiger partial charge in [0.15, 0.2) is 0 Å². The van der Waals surface area contributed by atoms with Crippen molar-refractivity contribution in [2.45, 2.75) is 26.3 Å². The van der Waals surface area contributed by atoms with Gasteiger partial charge in [-0.3, -0.25) is 9.69 Å². The number of nitrogens with one attached hydrogen (secondary N) is 1. The molecule has 0 radical (unpaired) electrons. The Balaban J connectivity index is 1.96. The lowest BCUT2D eigenvalue weighted by Crippen LogP contribution is -2.36. The van der Waals surface area contributed by atoms with Crippen LogP contribution in [0.5, 0.6) is 0 Å². The summed E-state index contributed by atoms with van der Waals surface area (Å²) in [6.45, 7) is 4.72. The first-order chi connectivity index (χ1) is 9.17. The van der Waals surface area contributed by atoms with Crippen LogP contribution < -0.4 is 5.32 Å². The van der Waals surface area contributed by atoms with E-state index in [2.05, 4.69) is 16.3 Å². The third-order valence-electron chi connectivity index (χ3n) is 3.51. The molecule has 1 amide bonds. The first-order valence-electron chi connectivity index (χ1n) is 6.87. The van der Waals surface area contributed by atoms with E-state index in [0.717, 1.165) is 38.2 Å². The van der Waals surface area contributed by atoms with Crippen LogP contribution in [-0.2, 0) is 11.3 Å². The summed E-state index contributed by atoms with van der Waals surface area (Å²) in [5.41, 5.74) is 2.05. The number of hydrogen-bond donors (Lipinski definition) is 2. The van der Waals surface area contributed by atoms with Gasteiger partial charge in [-0.15, -0.1) is 0 Å². The zero-order chi connectivity index (χ0) is 13.7. The lowest BCUT2D eigenvalue weighted by Gasteiger charge is -2.31. The van der Waals surface area contributed by atoms with Crippen molar-refractivity contribution in [2.24, 2.45) is 5.92 Å². The Bertz CT molecular complexity index is 434. The number of piperidine rings is 1. The van der Waals surface area contributed by atoms with Crippen LogP contribution >= 0.6 is 0 Å². The minimum atomic E-state index is -0.0459. The number of aliphatic hydroxyl groups is 1. The molecule has 0 spiro atoms. The van der Waals surface area contributed by atoms with Gasteiger partial charge in [0, 0.05) is 32.3 Å². The van der Waals surface area contributed by atoms with E-state index < -0.39 is 0 Å². The number of amides is 1. The van der Waals surface area contributed by atoms with Gasteiger partial charge in [0.25, 0.3) is 0 Å². The van der Waals surface area contributed by atoms with Crippen molar-refractivity contribution in [3.8, 4) is 0 Å². The molecule has 1 aliphatic heterocycles. The van der Waals surface area contributed by atoms with E-state index in [1.807, 2.05) is 18.2 Å². The Morgan fingerprint density at radius 1 is 1.53 bits per heavy atom. The van der Waals surface area contributed by atoms with Gasteiger partial charge < -0.3 is 10.4 Å². The molecule has 0 aliphatic carbocycles. The maximum atomic E-state index is 11.0.